The van der Waals surface area contributed by atoms with Crippen molar-refractivity contribution < 1.29 is 4.79 Å². The van der Waals surface area contributed by atoms with Crippen LogP contribution in [0.4, 0.5) is 0 Å². The zero-order chi connectivity index (χ0) is 11.3. The first kappa shape index (κ1) is 10.8. The summed E-state index contributed by atoms with van der Waals surface area (Å²) < 4.78 is 0. The molecule has 4 heteroatoms. The summed E-state index contributed by atoms with van der Waals surface area (Å²) in [6, 6.07) is 0.277. The van der Waals surface area contributed by atoms with Gasteiger partial charge in [0, 0.05) is 0 Å². The topological polar surface area (TPSA) is 46.3 Å². The van der Waals surface area contributed by atoms with E-state index in [0.717, 1.165) is 11.8 Å². The molecule has 0 saturated heterocycles. The zero-order valence-electron chi connectivity index (χ0n) is 9.44. The third-order valence-electron chi connectivity index (χ3n) is 4.90. The number of carbonyl (C=O) groups excluding carboxylic acids is 1. The molecule has 4 bridgehead atoms. The van der Waals surface area contributed by atoms with Gasteiger partial charge in [-0.15, -0.1) is 11.6 Å². The van der Waals surface area contributed by atoms with Crippen LogP contribution in [0.1, 0.15) is 32.1 Å². The molecule has 0 aliphatic heterocycles. The van der Waals surface area contributed by atoms with Crippen molar-refractivity contribution in [3.8, 4) is 0 Å². The first-order valence-corrected chi connectivity index (χ1v) is 6.85. The summed E-state index contributed by atoms with van der Waals surface area (Å²) in [6.07, 6.45) is 6.54. The summed E-state index contributed by atoms with van der Waals surface area (Å²) in [5.74, 6) is 8.98. The van der Waals surface area contributed by atoms with Gasteiger partial charge in [0.25, 0.3) is 5.91 Å². The molecule has 16 heavy (non-hydrogen) atoms. The number of hydrogen-bond donors (Lipinski definition) is 1. The minimum absolute atomic E-state index is 0.0132. The molecule has 4 rings (SSSR count). The Morgan fingerprint density at radius 2 is 1.62 bits per heavy atom. The first-order chi connectivity index (χ1) is 7.69. The van der Waals surface area contributed by atoms with Gasteiger partial charge in [-0.25, -0.2) is 5.84 Å². The molecule has 4 aliphatic rings. The van der Waals surface area contributed by atoms with E-state index < -0.39 is 0 Å². The van der Waals surface area contributed by atoms with Gasteiger partial charge in [0.1, 0.15) is 5.88 Å². The highest BCUT2D eigenvalue weighted by atomic mass is 35.5. The molecule has 4 aliphatic carbocycles. The lowest BCUT2D eigenvalue weighted by molar-refractivity contribution is -0.141. The Morgan fingerprint density at radius 1 is 1.12 bits per heavy atom. The molecule has 0 spiro atoms. The van der Waals surface area contributed by atoms with Crippen LogP contribution >= 0.6 is 11.6 Å². The molecule has 0 atom stereocenters. The maximum atomic E-state index is 11.6. The highest BCUT2D eigenvalue weighted by Crippen LogP contribution is 2.54. The largest absolute Gasteiger partial charge is 0.276 e. The summed E-state index contributed by atoms with van der Waals surface area (Å²) in [6.45, 7) is 0. The molecule has 3 nitrogen and oxygen atoms in total. The summed E-state index contributed by atoms with van der Waals surface area (Å²) in [4.78, 5) is 11.6. The molecular weight excluding hydrogens is 224 g/mol. The summed E-state index contributed by atoms with van der Waals surface area (Å²) in [7, 11) is 0. The number of alkyl halides is 1. The minimum Gasteiger partial charge on any atom is -0.276 e. The quantitative estimate of drug-likeness (QED) is 0.347. The molecule has 0 aromatic rings. The summed E-state index contributed by atoms with van der Waals surface area (Å²) in [5.41, 5.74) is 0. The SMILES string of the molecule is NN(C(=O)CCl)C1C2CC3CC(C2)CC1C3. The van der Waals surface area contributed by atoms with Crippen molar-refractivity contribution in [3.05, 3.63) is 0 Å². The van der Waals surface area contributed by atoms with E-state index in [9.17, 15) is 4.79 Å². The standard InChI is InChI=1S/C12H19ClN2O/c13-6-11(16)15(14)12-9-2-7-1-8(4-9)5-10(12)3-7/h7-10,12H,1-6,14H2. The Kier molecular flexibility index (Phi) is 2.63. The van der Waals surface area contributed by atoms with E-state index in [-0.39, 0.29) is 17.8 Å². The maximum absolute atomic E-state index is 11.6. The number of halogens is 1. The first-order valence-electron chi connectivity index (χ1n) is 6.31. The average molecular weight is 243 g/mol. The van der Waals surface area contributed by atoms with E-state index in [1.54, 1.807) is 0 Å². The zero-order valence-corrected chi connectivity index (χ0v) is 10.2. The smallest absolute Gasteiger partial charge is 0.251 e. The second-order valence-corrected chi connectivity index (χ2v) is 6.12. The lowest BCUT2D eigenvalue weighted by atomic mass is 9.54. The third-order valence-corrected chi connectivity index (χ3v) is 5.13. The summed E-state index contributed by atoms with van der Waals surface area (Å²) in [5, 5.41) is 1.46. The second-order valence-electron chi connectivity index (χ2n) is 5.86. The van der Waals surface area contributed by atoms with Crippen LogP contribution in [0, 0.1) is 23.7 Å². The molecule has 2 N–H and O–H groups in total. The van der Waals surface area contributed by atoms with Gasteiger partial charge in [-0.2, -0.15) is 0 Å². The van der Waals surface area contributed by atoms with Crippen molar-refractivity contribution in [1.82, 2.24) is 5.01 Å². The van der Waals surface area contributed by atoms with E-state index >= 15 is 0 Å². The van der Waals surface area contributed by atoms with Crippen molar-refractivity contribution in [2.75, 3.05) is 5.88 Å². The van der Waals surface area contributed by atoms with E-state index in [1.807, 2.05) is 0 Å². The second kappa shape index (κ2) is 3.88. The van der Waals surface area contributed by atoms with Crippen molar-refractivity contribution in [2.24, 2.45) is 29.5 Å². The van der Waals surface area contributed by atoms with E-state index in [1.165, 1.54) is 37.1 Å². The Hall–Kier alpha value is -0.280. The average Bonchev–Trinajstić information content (AvgIpc) is 2.26. The molecular formula is C12H19ClN2O. The predicted octanol–water partition coefficient (Wildman–Crippen LogP) is 1.75. The number of hydrogen-bond acceptors (Lipinski definition) is 2. The molecule has 4 saturated carbocycles. The molecule has 0 aromatic carbocycles. The molecule has 0 heterocycles. The molecule has 0 radical (unpaired) electrons. The van der Waals surface area contributed by atoms with Crippen LogP contribution in [-0.4, -0.2) is 22.8 Å². The number of hydrazine groups is 1. The highest BCUT2D eigenvalue weighted by Gasteiger charge is 2.50. The fourth-order valence-electron chi connectivity index (χ4n) is 4.59. The van der Waals surface area contributed by atoms with Crippen LogP contribution in [-0.2, 0) is 4.79 Å². The van der Waals surface area contributed by atoms with E-state index in [0.29, 0.717) is 11.8 Å². The van der Waals surface area contributed by atoms with Crippen LogP contribution in [0.5, 0.6) is 0 Å². The normalized spacial score (nSPS) is 44.8. The summed E-state index contributed by atoms with van der Waals surface area (Å²) >= 11 is 5.59. The van der Waals surface area contributed by atoms with E-state index in [4.69, 9.17) is 17.4 Å². The fraction of sp³-hybridized carbons (Fsp3) is 0.917. The van der Waals surface area contributed by atoms with Crippen LogP contribution in [0.15, 0.2) is 0 Å². The van der Waals surface area contributed by atoms with Crippen molar-refractivity contribution in [3.63, 3.8) is 0 Å². The van der Waals surface area contributed by atoms with E-state index in [2.05, 4.69) is 0 Å². The molecule has 90 valence electrons. The van der Waals surface area contributed by atoms with Gasteiger partial charge in [-0.1, -0.05) is 0 Å². The van der Waals surface area contributed by atoms with Crippen molar-refractivity contribution in [1.29, 1.82) is 0 Å². The van der Waals surface area contributed by atoms with Gasteiger partial charge >= 0.3 is 0 Å². The predicted molar refractivity (Wildman–Crippen MR) is 62.6 cm³/mol. The van der Waals surface area contributed by atoms with Crippen LogP contribution < -0.4 is 5.84 Å². The van der Waals surface area contributed by atoms with Crippen LogP contribution in [0.2, 0.25) is 0 Å². The Bertz CT molecular complexity index is 279. The Labute approximate surface area is 101 Å². The molecule has 0 unspecified atom stereocenters. The highest BCUT2D eigenvalue weighted by molar-refractivity contribution is 6.27. The number of carbonyl (C=O) groups is 1. The van der Waals surface area contributed by atoms with Crippen LogP contribution in [0.25, 0.3) is 0 Å². The Balaban J connectivity index is 1.78. The molecule has 1 amide bonds. The monoisotopic (exact) mass is 242 g/mol. The van der Waals surface area contributed by atoms with Gasteiger partial charge < -0.3 is 0 Å². The number of nitrogens with two attached hydrogens (primary N) is 1. The van der Waals surface area contributed by atoms with Gasteiger partial charge in [0.2, 0.25) is 0 Å². The fourth-order valence-corrected chi connectivity index (χ4v) is 4.72. The Morgan fingerprint density at radius 3 is 2.06 bits per heavy atom. The lowest BCUT2D eigenvalue weighted by Crippen LogP contribution is -2.60. The lowest BCUT2D eigenvalue weighted by Gasteiger charge is -2.56. The third kappa shape index (κ3) is 1.56. The number of amides is 1. The number of nitrogens with zero attached hydrogens (tertiary/aromatic N) is 1. The minimum atomic E-state index is -0.112. The molecule has 0 aromatic heterocycles. The van der Waals surface area contributed by atoms with Gasteiger partial charge in [-0.3, -0.25) is 9.80 Å². The van der Waals surface area contributed by atoms with Crippen molar-refractivity contribution >= 4 is 17.5 Å². The van der Waals surface area contributed by atoms with Gasteiger partial charge in [0.15, 0.2) is 0 Å². The van der Waals surface area contributed by atoms with Gasteiger partial charge in [-0.05, 0) is 55.8 Å². The maximum Gasteiger partial charge on any atom is 0.251 e. The van der Waals surface area contributed by atoms with Gasteiger partial charge in [0.05, 0.1) is 6.04 Å². The number of rotatable bonds is 2. The molecule has 4 fully saturated rings. The van der Waals surface area contributed by atoms with Crippen LogP contribution in [0.3, 0.4) is 0 Å². The van der Waals surface area contributed by atoms with Crippen molar-refractivity contribution in [2.45, 2.75) is 38.1 Å².